The fourth-order valence-corrected chi connectivity index (χ4v) is 2.14. The van der Waals surface area contributed by atoms with Crippen molar-refractivity contribution in [2.24, 2.45) is 5.41 Å². The van der Waals surface area contributed by atoms with Gasteiger partial charge in [0, 0.05) is 11.8 Å². The molecule has 96 valence electrons. The van der Waals surface area contributed by atoms with Crippen LogP contribution in [0.15, 0.2) is 30.6 Å². The van der Waals surface area contributed by atoms with Crippen molar-refractivity contribution in [2.75, 3.05) is 0 Å². The first kappa shape index (κ1) is 11.9. The molecule has 1 fully saturated rings. The number of nitrogens with zero attached hydrogens (tertiary/aromatic N) is 3. The van der Waals surface area contributed by atoms with E-state index in [1.165, 1.54) is 6.07 Å². The van der Waals surface area contributed by atoms with Gasteiger partial charge in [0.2, 0.25) is 0 Å². The molecule has 1 saturated carbocycles. The Labute approximate surface area is 111 Å². The van der Waals surface area contributed by atoms with Crippen LogP contribution in [-0.2, 0) is 6.54 Å². The van der Waals surface area contributed by atoms with Gasteiger partial charge in [0.15, 0.2) is 0 Å². The third-order valence-corrected chi connectivity index (χ3v) is 3.69. The van der Waals surface area contributed by atoms with E-state index in [-0.39, 0.29) is 11.2 Å². The van der Waals surface area contributed by atoms with E-state index in [2.05, 4.69) is 11.2 Å². The lowest BCUT2D eigenvalue weighted by atomic mass is 10.1. The normalized spacial score (nSPS) is 16.1. The zero-order valence-corrected chi connectivity index (χ0v) is 10.7. The third-order valence-electron chi connectivity index (χ3n) is 3.69. The Hall–Kier alpha value is -2.15. The molecule has 1 heterocycles. The number of hydrogen-bond acceptors (Lipinski definition) is 2. The molecule has 19 heavy (non-hydrogen) atoms. The van der Waals surface area contributed by atoms with Gasteiger partial charge in [-0.1, -0.05) is 12.1 Å². The second kappa shape index (κ2) is 4.20. The van der Waals surface area contributed by atoms with Gasteiger partial charge in [-0.25, -0.2) is 4.39 Å². The molecule has 0 bridgehead atoms. The lowest BCUT2D eigenvalue weighted by Gasteiger charge is -2.04. The molecule has 4 heteroatoms. The van der Waals surface area contributed by atoms with Gasteiger partial charge in [0.05, 0.1) is 24.2 Å². The van der Waals surface area contributed by atoms with E-state index in [4.69, 9.17) is 5.26 Å². The molecule has 0 N–H and O–H groups in total. The fraction of sp³-hybridized carbons (Fsp3) is 0.333. The maximum absolute atomic E-state index is 13.5. The molecule has 1 aromatic carbocycles. The van der Waals surface area contributed by atoms with Crippen LogP contribution in [0.2, 0.25) is 0 Å². The van der Waals surface area contributed by atoms with Crippen molar-refractivity contribution < 1.29 is 4.39 Å². The summed E-state index contributed by atoms with van der Waals surface area (Å²) in [7, 11) is 0. The summed E-state index contributed by atoms with van der Waals surface area (Å²) in [6.45, 7) is 2.37. The molecule has 0 spiro atoms. The monoisotopic (exact) mass is 255 g/mol. The summed E-state index contributed by atoms with van der Waals surface area (Å²) in [6, 6.07) is 7.52. The van der Waals surface area contributed by atoms with Crippen molar-refractivity contribution in [1.82, 2.24) is 9.78 Å². The van der Waals surface area contributed by atoms with Gasteiger partial charge >= 0.3 is 0 Å². The van der Waals surface area contributed by atoms with Gasteiger partial charge in [-0.05, 0) is 37.0 Å². The SMILES string of the molecule is Cc1ccc(-c2cnn(CC3(C#N)CC3)c2)cc1F. The zero-order chi connectivity index (χ0) is 13.5. The number of hydrogen-bond donors (Lipinski definition) is 0. The largest absolute Gasteiger partial charge is 0.271 e. The van der Waals surface area contributed by atoms with Crippen molar-refractivity contribution in [3.63, 3.8) is 0 Å². The van der Waals surface area contributed by atoms with E-state index in [0.717, 1.165) is 24.0 Å². The van der Waals surface area contributed by atoms with E-state index >= 15 is 0 Å². The molecule has 3 nitrogen and oxygen atoms in total. The highest BCUT2D eigenvalue weighted by Crippen LogP contribution is 2.46. The van der Waals surface area contributed by atoms with E-state index in [0.29, 0.717) is 12.1 Å². The minimum atomic E-state index is -0.220. The molecule has 1 aliphatic carbocycles. The van der Waals surface area contributed by atoms with Crippen LogP contribution in [0, 0.1) is 29.5 Å². The van der Waals surface area contributed by atoms with E-state index < -0.39 is 0 Å². The van der Waals surface area contributed by atoms with Crippen LogP contribution in [-0.4, -0.2) is 9.78 Å². The number of aryl methyl sites for hydroxylation is 1. The minimum absolute atomic E-state index is 0.207. The molecular weight excluding hydrogens is 241 g/mol. The summed E-state index contributed by atoms with van der Waals surface area (Å²) in [6.07, 6.45) is 5.48. The van der Waals surface area contributed by atoms with Crippen molar-refractivity contribution >= 4 is 0 Å². The molecular formula is C15H14FN3. The highest BCUT2D eigenvalue weighted by Gasteiger charge is 2.43. The number of benzene rings is 1. The highest BCUT2D eigenvalue weighted by molar-refractivity contribution is 5.62. The second-order valence-electron chi connectivity index (χ2n) is 5.28. The zero-order valence-electron chi connectivity index (χ0n) is 10.7. The Morgan fingerprint density at radius 3 is 2.84 bits per heavy atom. The smallest absolute Gasteiger partial charge is 0.126 e. The second-order valence-corrected chi connectivity index (χ2v) is 5.28. The van der Waals surface area contributed by atoms with Crippen molar-refractivity contribution in [2.45, 2.75) is 26.3 Å². The number of aromatic nitrogens is 2. The molecule has 0 atom stereocenters. The molecule has 0 amide bonds. The fourth-order valence-electron chi connectivity index (χ4n) is 2.14. The first-order chi connectivity index (χ1) is 9.12. The number of nitriles is 1. The van der Waals surface area contributed by atoms with E-state index in [9.17, 15) is 4.39 Å². The molecule has 3 rings (SSSR count). The van der Waals surface area contributed by atoms with Gasteiger partial charge in [-0.2, -0.15) is 10.4 Å². The first-order valence-corrected chi connectivity index (χ1v) is 6.32. The summed E-state index contributed by atoms with van der Waals surface area (Å²) < 4.78 is 15.3. The lowest BCUT2D eigenvalue weighted by molar-refractivity contribution is 0.486. The summed E-state index contributed by atoms with van der Waals surface area (Å²) >= 11 is 0. The Morgan fingerprint density at radius 1 is 1.42 bits per heavy atom. The molecule has 0 saturated heterocycles. The summed E-state index contributed by atoms with van der Waals surface area (Å²) in [4.78, 5) is 0. The van der Waals surface area contributed by atoms with Gasteiger partial charge in [0.25, 0.3) is 0 Å². The average molecular weight is 255 g/mol. The van der Waals surface area contributed by atoms with Gasteiger partial charge < -0.3 is 0 Å². The first-order valence-electron chi connectivity index (χ1n) is 6.32. The van der Waals surface area contributed by atoms with Crippen molar-refractivity contribution in [3.8, 4) is 17.2 Å². The molecule has 2 aromatic rings. The van der Waals surface area contributed by atoms with Gasteiger partial charge in [0.1, 0.15) is 5.82 Å². The van der Waals surface area contributed by atoms with Crippen LogP contribution in [0.25, 0.3) is 11.1 Å². The van der Waals surface area contributed by atoms with Gasteiger partial charge in [-0.15, -0.1) is 0 Å². The van der Waals surface area contributed by atoms with Crippen LogP contribution in [0.4, 0.5) is 4.39 Å². The van der Waals surface area contributed by atoms with Crippen LogP contribution < -0.4 is 0 Å². The molecule has 0 radical (unpaired) electrons. The van der Waals surface area contributed by atoms with Crippen LogP contribution in [0.1, 0.15) is 18.4 Å². The predicted octanol–water partition coefficient (Wildman–Crippen LogP) is 3.30. The Kier molecular flexibility index (Phi) is 2.63. The molecule has 1 aliphatic rings. The summed E-state index contributed by atoms with van der Waals surface area (Å²) in [5, 5.41) is 13.3. The maximum Gasteiger partial charge on any atom is 0.126 e. The van der Waals surface area contributed by atoms with Crippen LogP contribution in [0.3, 0.4) is 0 Å². The highest BCUT2D eigenvalue weighted by atomic mass is 19.1. The van der Waals surface area contributed by atoms with Crippen molar-refractivity contribution in [3.05, 3.63) is 42.0 Å². The average Bonchev–Trinajstić information content (AvgIpc) is 3.02. The van der Waals surface area contributed by atoms with E-state index in [1.807, 2.05) is 12.3 Å². The summed E-state index contributed by atoms with van der Waals surface area (Å²) in [5.41, 5.74) is 2.11. The standard InChI is InChI=1S/C15H14FN3/c1-11-2-3-12(6-14(11)16)13-7-18-19(8-13)10-15(9-17)4-5-15/h2-3,6-8H,4-5,10H2,1H3. The van der Waals surface area contributed by atoms with Crippen LogP contribution >= 0.6 is 0 Å². The molecule has 0 unspecified atom stereocenters. The van der Waals surface area contributed by atoms with E-state index in [1.54, 1.807) is 23.9 Å². The Bertz CT molecular complexity index is 662. The van der Waals surface area contributed by atoms with Crippen molar-refractivity contribution in [1.29, 1.82) is 5.26 Å². The Morgan fingerprint density at radius 2 is 2.21 bits per heavy atom. The summed E-state index contributed by atoms with van der Waals surface area (Å²) in [5.74, 6) is -0.207. The maximum atomic E-state index is 13.5. The minimum Gasteiger partial charge on any atom is -0.271 e. The molecule has 0 aliphatic heterocycles. The lowest BCUT2D eigenvalue weighted by Crippen LogP contribution is -2.09. The molecule has 1 aromatic heterocycles. The predicted molar refractivity (Wildman–Crippen MR) is 69.6 cm³/mol. The number of halogens is 1. The Balaban J connectivity index is 1.85. The quantitative estimate of drug-likeness (QED) is 0.844. The van der Waals surface area contributed by atoms with Gasteiger partial charge in [-0.3, -0.25) is 4.68 Å². The van der Waals surface area contributed by atoms with Crippen LogP contribution in [0.5, 0.6) is 0 Å². The number of rotatable bonds is 3. The topological polar surface area (TPSA) is 41.6 Å². The third kappa shape index (κ3) is 2.24.